The fourth-order valence-electron chi connectivity index (χ4n) is 2.62. The van der Waals surface area contributed by atoms with Gasteiger partial charge in [0.05, 0.1) is 27.0 Å². The molecule has 0 aliphatic heterocycles. The van der Waals surface area contributed by atoms with E-state index in [1.807, 2.05) is 24.3 Å². The normalized spacial score (nSPS) is 10.5. The third-order valence-electron chi connectivity index (χ3n) is 4.11. The summed E-state index contributed by atoms with van der Waals surface area (Å²) in [6, 6.07) is 16.2. The fraction of sp³-hybridized carbons (Fsp3) is 0.238. The van der Waals surface area contributed by atoms with Gasteiger partial charge in [0, 0.05) is 11.3 Å². The molecule has 0 radical (unpaired) electrons. The number of benzene rings is 2. The van der Waals surface area contributed by atoms with Crippen LogP contribution in [0.2, 0.25) is 0 Å². The fourth-order valence-corrected chi connectivity index (χ4v) is 3.39. The van der Waals surface area contributed by atoms with Crippen molar-refractivity contribution in [2.24, 2.45) is 0 Å². The number of aromatic nitrogens is 2. The summed E-state index contributed by atoms with van der Waals surface area (Å²) in [7, 11) is 4.77. The molecular weight excluding hydrogens is 360 g/mol. The highest BCUT2D eigenvalue weighted by atomic mass is 32.2. The Balaban J connectivity index is 1.77. The Kier molecular flexibility index (Phi) is 6.19. The van der Waals surface area contributed by atoms with Gasteiger partial charge in [0.2, 0.25) is 5.75 Å². The van der Waals surface area contributed by atoms with Gasteiger partial charge in [-0.25, -0.2) is 0 Å². The van der Waals surface area contributed by atoms with Crippen LogP contribution in [0.15, 0.2) is 53.6 Å². The van der Waals surface area contributed by atoms with E-state index in [9.17, 15) is 0 Å². The van der Waals surface area contributed by atoms with Crippen molar-refractivity contribution < 1.29 is 14.2 Å². The van der Waals surface area contributed by atoms with Crippen molar-refractivity contribution >= 4 is 11.8 Å². The molecule has 3 aromatic rings. The molecule has 0 N–H and O–H groups in total. The van der Waals surface area contributed by atoms with Gasteiger partial charge in [-0.2, -0.15) is 0 Å². The van der Waals surface area contributed by atoms with Gasteiger partial charge in [-0.05, 0) is 36.8 Å². The maximum absolute atomic E-state index is 5.40. The first kappa shape index (κ1) is 19.0. The summed E-state index contributed by atoms with van der Waals surface area (Å²) in [5, 5.41) is 9.58. The van der Waals surface area contributed by atoms with Gasteiger partial charge in [0.25, 0.3) is 0 Å². The molecule has 1 aromatic heterocycles. The number of aryl methyl sites for hydroxylation is 1. The highest BCUT2D eigenvalue weighted by Gasteiger charge is 2.15. The van der Waals surface area contributed by atoms with Crippen LogP contribution >= 0.6 is 11.8 Å². The molecule has 5 nitrogen and oxygen atoms in total. The Bertz CT molecular complexity index is 871. The predicted molar refractivity (Wildman–Crippen MR) is 108 cm³/mol. The zero-order valence-electron chi connectivity index (χ0n) is 15.9. The lowest BCUT2D eigenvalue weighted by atomic mass is 10.1. The van der Waals surface area contributed by atoms with Gasteiger partial charge in [-0.3, -0.25) is 0 Å². The van der Waals surface area contributed by atoms with E-state index in [1.165, 1.54) is 11.1 Å². The number of hydrogen-bond donors (Lipinski definition) is 0. The van der Waals surface area contributed by atoms with Crippen LogP contribution in [-0.4, -0.2) is 31.5 Å². The van der Waals surface area contributed by atoms with E-state index in [1.54, 1.807) is 33.1 Å². The number of nitrogens with zero attached hydrogens (tertiary/aromatic N) is 2. The number of methoxy groups -OCH3 is 3. The Morgan fingerprint density at radius 3 is 2.00 bits per heavy atom. The highest BCUT2D eigenvalue weighted by molar-refractivity contribution is 7.98. The van der Waals surface area contributed by atoms with E-state index in [-0.39, 0.29) is 0 Å². The van der Waals surface area contributed by atoms with Crippen LogP contribution in [0.3, 0.4) is 0 Å². The summed E-state index contributed by atoms with van der Waals surface area (Å²) in [4.78, 5) is 0. The van der Waals surface area contributed by atoms with Gasteiger partial charge >= 0.3 is 0 Å². The maximum Gasteiger partial charge on any atom is 0.203 e. The zero-order chi connectivity index (χ0) is 19.2. The second-order valence-corrected chi connectivity index (χ2v) is 6.94. The van der Waals surface area contributed by atoms with Crippen LogP contribution in [0.25, 0.3) is 11.3 Å². The molecule has 27 heavy (non-hydrogen) atoms. The second-order valence-electron chi connectivity index (χ2n) is 5.95. The van der Waals surface area contributed by atoms with E-state index in [2.05, 4.69) is 41.4 Å². The molecular formula is C21H22N2O3S. The van der Waals surface area contributed by atoms with Crippen LogP contribution in [0.4, 0.5) is 0 Å². The van der Waals surface area contributed by atoms with Crippen LogP contribution in [-0.2, 0) is 5.75 Å². The highest BCUT2D eigenvalue weighted by Crippen LogP contribution is 2.40. The average Bonchev–Trinajstić information content (AvgIpc) is 2.72. The molecule has 0 aliphatic carbocycles. The molecule has 3 rings (SSSR count). The summed E-state index contributed by atoms with van der Waals surface area (Å²) in [6.45, 7) is 2.09. The van der Waals surface area contributed by atoms with Crippen LogP contribution in [0.1, 0.15) is 11.1 Å². The lowest BCUT2D eigenvalue weighted by Gasteiger charge is -2.13. The first-order chi connectivity index (χ1) is 13.1. The van der Waals surface area contributed by atoms with Crippen molar-refractivity contribution in [2.75, 3.05) is 21.3 Å². The zero-order valence-corrected chi connectivity index (χ0v) is 16.7. The first-order valence-electron chi connectivity index (χ1n) is 8.47. The first-order valence-corrected chi connectivity index (χ1v) is 9.45. The quantitative estimate of drug-likeness (QED) is 0.549. The van der Waals surface area contributed by atoms with E-state index in [4.69, 9.17) is 14.2 Å². The summed E-state index contributed by atoms with van der Waals surface area (Å²) >= 11 is 1.66. The molecule has 140 valence electrons. The standard InChI is InChI=1S/C21H22N2O3S/c1-14-5-7-15(8-6-14)13-27-20-10-9-17(22-23-20)16-11-18(24-2)21(26-4)19(12-16)25-3/h5-12H,13H2,1-4H3. The molecule has 0 aliphatic rings. The largest absolute Gasteiger partial charge is 0.493 e. The van der Waals surface area contributed by atoms with Gasteiger partial charge in [-0.1, -0.05) is 41.6 Å². The Morgan fingerprint density at radius 2 is 1.48 bits per heavy atom. The molecule has 0 atom stereocenters. The van der Waals surface area contributed by atoms with Gasteiger partial charge in [0.1, 0.15) is 5.03 Å². The van der Waals surface area contributed by atoms with Crippen molar-refractivity contribution in [1.29, 1.82) is 0 Å². The third kappa shape index (κ3) is 4.52. The summed E-state index contributed by atoms with van der Waals surface area (Å²) in [5.41, 5.74) is 4.13. The predicted octanol–water partition coefficient (Wildman–Crippen LogP) is 4.77. The van der Waals surface area contributed by atoms with Gasteiger partial charge in [-0.15, -0.1) is 10.2 Å². The van der Waals surface area contributed by atoms with Crippen molar-refractivity contribution in [1.82, 2.24) is 10.2 Å². The molecule has 0 saturated carbocycles. The van der Waals surface area contributed by atoms with Crippen LogP contribution < -0.4 is 14.2 Å². The summed E-state index contributed by atoms with van der Waals surface area (Å²) in [5.74, 6) is 2.60. The number of rotatable bonds is 7. The molecule has 0 amide bonds. The van der Waals surface area contributed by atoms with E-state index in [0.29, 0.717) is 17.2 Å². The molecule has 2 aromatic carbocycles. The van der Waals surface area contributed by atoms with Gasteiger partial charge < -0.3 is 14.2 Å². The van der Waals surface area contributed by atoms with Crippen LogP contribution in [0.5, 0.6) is 17.2 Å². The van der Waals surface area contributed by atoms with Crippen molar-refractivity contribution in [2.45, 2.75) is 17.7 Å². The molecule has 0 unspecified atom stereocenters. The lowest BCUT2D eigenvalue weighted by molar-refractivity contribution is 0.324. The van der Waals surface area contributed by atoms with Gasteiger partial charge in [0.15, 0.2) is 11.5 Å². The Hall–Kier alpha value is -2.73. The maximum atomic E-state index is 5.40. The SMILES string of the molecule is COc1cc(-c2ccc(SCc3ccc(C)cc3)nn2)cc(OC)c1OC. The Morgan fingerprint density at radius 1 is 0.815 bits per heavy atom. The Labute approximate surface area is 163 Å². The minimum absolute atomic E-state index is 0.557. The van der Waals surface area contributed by atoms with Crippen molar-refractivity contribution in [3.8, 4) is 28.5 Å². The smallest absolute Gasteiger partial charge is 0.203 e. The van der Waals surface area contributed by atoms with Crippen molar-refractivity contribution in [3.05, 3.63) is 59.7 Å². The molecule has 0 fully saturated rings. The van der Waals surface area contributed by atoms with E-state index >= 15 is 0 Å². The third-order valence-corrected chi connectivity index (χ3v) is 5.10. The topological polar surface area (TPSA) is 53.5 Å². The number of ether oxygens (including phenoxy) is 3. The minimum atomic E-state index is 0.557. The van der Waals surface area contributed by atoms with Crippen molar-refractivity contribution in [3.63, 3.8) is 0 Å². The van der Waals surface area contributed by atoms with E-state index in [0.717, 1.165) is 22.0 Å². The summed E-state index contributed by atoms with van der Waals surface area (Å²) < 4.78 is 16.2. The average molecular weight is 382 g/mol. The monoisotopic (exact) mass is 382 g/mol. The number of thioether (sulfide) groups is 1. The molecule has 0 saturated heterocycles. The van der Waals surface area contributed by atoms with E-state index < -0.39 is 0 Å². The summed E-state index contributed by atoms with van der Waals surface area (Å²) in [6.07, 6.45) is 0. The minimum Gasteiger partial charge on any atom is -0.493 e. The molecule has 6 heteroatoms. The van der Waals surface area contributed by atoms with Crippen LogP contribution in [0, 0.1) is 6.92 Å². The molecule has 0 bridgehead atoms. The lowest BCUT2D eigenvalue weighted by Crippen LogP contribution is -1.97. The number of hydrogen-bond acceptors (Lipinski definition) is 6. The second kappa shape index (κ2) is 8.77. The molecule has 1 heterocycles. The molecule has 0 spiro atoms.